The summed E-state index contributed by atoms with van der Waals surface area (Å²) in [6.07, 6.45) is 2.26. The lowest BCUT2D eigenvalue weighted by molar-refractivity contribution is -0.148. The number of carbonyl (C=O) groups excluding carboxylic acids is 2. The Labute approximate surface area is 155 Å². The van der Waals surface area contributed by atoms with E-state index >= 15 is 0 Å². The van der Waals surface area contributed by atoms with Gasteiger partial charge in [-0.15, -0.1) is 0 Å². The first-order chi connectivity index (χ1) is 12.0. The van der Waals surface area contributed by atoms with E-state index in [1.54, 1.807) is 20.2 Å². The van der Waals surface area contributed by atoms with Crippen molar-refractivity contribution >= 4 is 33.8 Å². The Kier molecular flexibility index (Phi) is 5.04. The van der Waals surface area contributed by atoms with Crippen LogP contribution in [0.1, 0.15) is 11.1 Å². The van der Waals surface area contributed by atoms with Crippen molar-refractivity contribution in [3.05, 3.63) is 75.9 Å². The summed E-state index contributed by atoms with van der Waals surface area (Å²) in [4.78, 5) is 28.7. The van der Waals surface area contributed by atoms with Gasteiger partial charge in [-0.2, -0.15) is 0 Å². The molecule has 1 heterocycles. The van der Waals surface area contributed by atoms with Crippen molar-refractivity contribution in [3.8, 4) is 0 Å². The lowest BCUT2D eigenvalue weighted by Crippen LogP contribution is -2.56. The number of halogens is 1. The molecular weight excluding hydrogens is 380 g/mol. The minimum Gasteiger partial charge on any atom is -0.328 e. The molecule has 2 aromatic rings. The summed E-state index contributed by atoms with van der Waals surface area (Å²) in [5.41, 5.74) is 2.27. The van der Waals surface area contributed by atoms with Gasteiger partial charge in [-0.3, -0.25) is 9.59 Å². The average Bonchev–Trinajstić information content (AvgIpc) is 2.63. The first-order valence-electron chi connectivity index (χ1n) is 8.04. The van der Waals surface area contributed by atoms with E-state index in [9.17, 15) is 9.59 Å². The Morgan fingerprint density at radius 2 is 1.64 bits per heavy atom. The van der Waals surface area contributed by atoms with Crippen molar-refractivity contribution in [3.63, 3.8) is 0 Å². The van der Waals surface area contributed by atoms with Crippen molar-refractivity contribution in [2.75, 3.05) is 14.1 Å². The minimum absolute atomic E-state index is 0.0794. The number of hydrogen-bond acceptors (Lipinski definition) is 2. The number of amides is 2. The van der Waals surface area contributed by atoms with Crippen LogP contribution in [-0.2, 0) is 16.0 Å². The van der Waals surface area contributed by atoms with Gasteiger partial charge in [-0.05, 0) is 23.3 Å². The van der Waals surface area contributed by atoms with Gasteiger partial charge in [0.25, 0.3) is 5.91 Å². The molecule has 1 aliphatic rings. The van der Waals surface area contributed by atoms with Crippen LogP contribution in [-0.4, -0.2) is 41.8 Å². The first-order valence-corrected chi connectivity index (χ1v) is 8.83. The molecule has 128 valence electrons. The topological polar surface area (TPSA) is 40.6 Å². The number of nitrogens with zero attached hydrogens (tertiary/aromatic N) is 2. The van der Waals surface area contributed by atoms with Crippen molar-refractivity contribution < 1.29 is 9.59 Å². The quantitative estimate of drug-likeness (QED) is 0.743. The van der Waals surface area contributed by atoms with Crippen LogP contribution in [0.4, 0.5) is 0 Å². The van der Waals surface area contributed by atoms with Crippen LogP contribution in [0.25, 0.3) is 6.08 Å². The highest BCUT2D eigenvalue weighted by Gasteiger charge is 2.39. The van der Waals surface area contributed by atoms with Gasteiger partial charge >= 0.3 is 0 Å². The molecule has 25 heavy (non-hydrogen) atoms. The predicted molar refractivity (Wildman–Crippen MR) is 102 cm³/mol. The van der Waals surface area contributed by atoms with E-state index in [-0.39, 0.29) is 11.8 Å². The van der Waals surface area contributed by atoms with Gasteiger partial charge in [0.15, 0.2) is 0 Å². The van der Waals surface area contributed by atoms with Crippen LogP contribution in [0.5, 0.6) is 0 Å². The van der Waals surface area contributed by atoms with E-state index < -0.39 is 6.04 Å². The summed E-state index contributed by atoms with van der Waals surface area (Å²) in [5, 5.41) is 0. The Hall–Kier alpha value is -2.40. The second-order valence-corrected chi connectivity index (χ2v) is 6.92. The van der Waals surface area contributed by atoms with Crippen molar-refractivity contribution in [1.29, 1.82) is 0 Å². The van der Waals surface area contributed by atoms with Crippen LogP contribution in [0, 0.1) is 0 Å². The summed E-state index contributed by atoms with van der Waals surface area (Å²) in [6.45, 7) is 0. The van der Waals surface area contributed by atoms with Crippen LogP contribution >= 0.6 is 15.9 Å². The van der Waals surface area contributed by atoms with Crippen LogP contribution in [0.2, 0.25) is 0 Å². The molecule has 1 saturated heterocycles. The maximum atomic E-state index is 12.9. The number of piperazine rings is 1. The zero-order valence-corrected chi connectivity index (χ0v) is 15.7. The molecule has 0 spiro atoms. The number of rotatable bonds is 3. The van der Waals surface area contributed by atoms with Gasteiger partial charge in [-0.1, -0.05) is 64.5 Å². The number of likely N-dealkylation sites (N-methyl/N-ethyl adjacent to an activating group) is 2. The molecule has 5 heteroatoms. The summed E-state index contributed by atoms with van der Waals surface area (Å²) in [7, 11) is 3.35. The van der Waals surface area contributed by atoms with E-state index in [0.717, 1.165) is 15.6 Å². The maximum Gasteiger partial charge on any atom is 0.271 e. The number of benzene rings is 2. The standard InChI is InChI=1S/C20H19BrN2O2/c1-22-17(12-14-8-4-3-5-9-14)19(24)23(2)18(20(22)25)13-15-10-6-7-11-16(15)21/h3-11,13,17H,12H2,1-2H3/b18-13+. The fourth-order valence-corrected chi connectivity index (χ4v) is 3.33. The Morgan fingerprint density at radius 3 is 2.32 bits per heavy atom. The molecule has 2 aromatic carbocycles. The van der Waals surface area contributed by atoms with E-state index in [4.69, 9.17) is 0 Å². The third-order valence-corrected chi connectivity index (χ3v) is 5.18. The van der Waals surface area contributed by atoms with Gasteiger partial charge < -0.3 is 9.80 Å². The molecule has 1 aliphatic heterocycles. The fraction of sp³-hybridized carbons (Fsp3) is 0.200. The first kappa shape index (κ1) is 17.4. The highest BCUT2D eigenvalue weighted by Crippen LogP contribution is 2.25. The monoisotopic (exact) mass is 398 g/mol. The van der Waals surface area contributed by atoms with E-state index in [0.29, 0.717) is 12.1 Å². The summed E-state index contributed by atoms with van der Waals surface area (Å²) in [6, 6.07) is 16.9. The molecule has 1 fully saturated rings. The van der Waals surface area contributed by atoms with Crippen molar-refractivity contribution in [2.45, 2.75) is 12.5 Å². The summed E-state index contributed by atoms with van der Waals surface area (Å²) >= 11 is 3.48. The van der Waals surface area contributed by atoms with E-state index in [1.165, 1.54) is 9.80 Å². The Bertz CT molecular complexity index is 833. The van der Waals surface area contributed by atoms with Crippen LogP contribution < -0.4 is 0 Å². The second-order valence-electron chi connectivity index (χ2n) is 6.07. The Balaban J connectivity index is 1.91. The summed E-state index contributed by atoms with van der Waals surface area (Å²) < 4.78 is 0.880. The molecule has 0 saturated carbocycles. The molecule has 4 nitrogen and oxygen atoms in total. The molecule has 0 aliphatic carbocycles. The third-order valence-electron chi connectivity index (χ3n) is 4.45. The van der Waals surface area contributed by atoms with Gasteiger partial charge in [0.05, 0.1) is 0 Å². The maximum absolute atomic E-state index is 12.9. The van der Waals surface area contributed by atoms with E-state index in [1.807, 2.05) is 54.6 Å². The summed E-state index contributed by atoms with van der Waals surface area (Å²) in [5.74, 6) is -0.233. The SMILES string of the molecule is CN1C(=O)C(Cc2ccccc2)N(C)C(=O)/C1=C\c1ccccc1Br. The highest BCUT2D eigenvalue weighted by molar-refractivity contribution is 9.10. The lowest BCUT2D eigenvalue weighted by atomic mass is 10.00. The zero-order chi connectivity index (χ0) is 18.0. The molecular formula is C20H19BrN2O2. The van der Waals surface area contributed by atoms with Gasteiger partial charge in [0, 0.05) is 25.0 Å². The molecule has 0 N–H and O–H groups in total. The van der Waals surface area contributed by atoms with Crippen molar-refractivity contribution in [2.24, 2.45) is 0 Å². The van der Waals surface area contributed by atoms with Crippen LogP contribution in [0.3, 0.4) is 0 Å². The third kappa shape index (κ3) is 3.51. The normalized spacial score (nSPS) is 19.6. The molecule has 0 radical (unpaired) electrons. The lowest BCUT2D eigenvalue weighted by Gasteiger charge is -2.38. The van der Waals surface area contributed by atoms with Gasteiger partial charge in [0.2, 0.25) is 5.91 Å². The zero-order valence-electron chi connectivity index (χ0n) is 14.1. The minimum atomic E-state index is -0.490. The molecule has 1 unspecified atom stereocenters. The number of carbonyl (C=O) groups is 2. The predicted octanol–water partition coefficient (Wildman–Crippen LogP) is 3.33. The Morgan fingerprint density at radius 1 is 1.00 bits per heavy atom. The van der Waals surface area contributed by atoms with Gasteiger partial charge in [-0.25, -0.2) is 0 Å². The highest BCUT2D eigenvalue weighted by atomic mass is 79.9. The molecule has 0 bridgehead atoms. The fourth-order valence-electron chi connectivity index (χ4n) is 2.93. The van der Waals surface area contributed by atoms with Crippen molar-refractivity contribution in [1.82, 2.24) is 9.80 Å². The smallest absolute Gasteiger partial charge is 0.271 e. The second kappa shape index (κ2) is 7.23. The van der Waals surface area contributed by atoms with E-state index in [2.05, 4.69) is 15.9 Å². The van der Waals surface area contributed by atoms with Crippen LogP contribution in [0.15, 0.2) is 64.8 Å². The molecule has 3 rings (SSSR count). The van der Waals surface area contributed by atoms with Gasteiger partial charge in [0.1, 0.15) is 11.7 Å². The molecule has 0 aromatic heterocycles. The molecule has 1 atom stereocenters. The number of hydrogen-bond donors (Lipinski definition) is 0. The largest absolute Gasteiger partial charge is 0.328 e. The molecule has 2 amide bonds. The average molecular weight is 399 g/mol.